The molecule has 1 aliphatic heterocycles. The van der Waals surface area contributed by atoms with Gasteiger partial charge in [0.05, 0.1) is 15.6 Å². The number of hydrogen-bond acceptors (Lipinski definition) is 5. The molecule has 3 rings (SSSR count). The maximum absolute atomic E-state index is 12.6. The monoisotopic (exact) mass is 356 g/mol. The van der Waals surface area contributed by atoms with Crippen molar-refractivity contribution in [2.45, 2.75) is 6.92 Å². The van der Waals surface area contributed by atoms with Crippen molar-refractivity contribution in [3.8, 4) is 0 Å². The van der Waals surface area contributed by atoms with Gasteiger partial charge in [-0.3, -0.25) is 4.79 Å². The molecule has 1 aliphatic rings. The van der Waals surface area contributed by atoms with E-state index in [0.29, 0.717) is 28.7 Å². The lowest BCUT2D eigenvalue weighted by atomic mass is 10.2. The average Bonchev–Trinajstić information content (AvgIpc) is 2.96. The lowest BCUT2D eigenvalue weighted by molar-refractivity contribution is 0.0747. The van der Waals surface area contributed by atoms with Gasteiger partial charge < -0.3 is 9.80 Å². The Bertz CT molecular complexity index is 698. The first-order valence-electron chi connectivity index (χ1n) is 6.85. The molecular weight excluding hydrogens is 343 g/mol. The Morgan fingerprint density at radius 2 is 1.95 bits per heavy atom. The van der Waals surface area contributed by atoms with Gasteiger partial charge in [-0.1, -0.05) is 29.3 Å². The van der Waals surface area contributed by atoms with E-state index in [2.05, 4.69) is 14.3 Å². The second-order valence-electron chi connectivity index (χ2n) is 5.00. The van der Waals surface area contributed by atoms with Gasteiger partial charge in [-0.15, -0.1) is 0 Å². The van der Waals surface area contributed by atoms with Crippen molar-refractivity contribution >= 4 is 45.8 Å². The minimum Gasteiger partial charge on any atom is -0.343 e. The highest BCUT2D eigenvalue weighted by Crippen LogP contribution is 2.27. The van der Waals surface area contributed by atoms with Crippen LogP contribution in [0.2, 0.25) is 10.0 Å². The van der Waals surface area contributed by atoms with Crippen LogP contribution in [0.25, 0.3) is 0 Å². The molecule has 0 unspecified atom stereocenters. The topological polar surface area (TPSA) is 49.3 Å². The van der Waals surface area contributed by atoms with Crippen LogP contribution in [0.15, 0.2) is 18.2 Å². The molecule has 0 aliphatic carbocycles. The molecule has 0 N–H and O–H groups in total. The standard InChI is InChI=1S/C14H14Cl2N4OS/c1-9-17-14(22-18-9)20-7-5-19(6-8-20)13(21)10-3-2-4-11(15)12(10)16/h2-4H,5-8H2,1H3. The van der Waals surface area contributed by atoms with Crippen molar-refractivity contribution < 1.29 is 4.79 Å². The van der Waals surface area contributed by atoms with Gasteiger partial charge >= 0.3 is 0 Å². The van der Waals surface area contributed by atoms with Crippen LogP contribution in [0.1, 0.15) is 16.2 Å². The van der Waals surface area contributed by atoms with E-state index in [-0.39, 0.29) is 5.91 Å². The van der Waals surface area contributed by atoms with Crippen molar-refractivity contribution in [2.75, 3.05) is 31.1 Å². The Morgan fingerprint density at radius 1 is 1.23 bits per heavy atom. The predicted molar refractivity (Wildman–Crippen MR) is 89.2 cm³/mol. The molecule has 0 atom stereocenters. The zero-order valence-corrected chi connectivity index (χ0v) is 14.3. The molecule has 0 bridgehead atoms. The zero-order valence-electron chi connectivity index (χ0n) is 11.9. The van der Waals surface area contributed by atoms with Crippen LogP contribution < -0.4 is 4.90 Å². The molecule has 0 radical (unpaired) electrons. The fraction of sp³-hybridized carbons (Fsp3) is 0.357. The van der Waals surface area contributed by atoms with E-state index >= 15 is 0 Å². The highest BCUT2D eigenvalue weighted by molar-refractivity contribution is 7.09. The summed E-state index contributed by atoms with van der Waals surface area (Å²) in [7, 11) is 0. The van der Waals surface area contributed by atoms with Crippen LogP contribution in [0.4, 0.5) is 5.13 Å². The van der Waals surface area contributed by atoms with E-state index < -0.39 is 0 Å². The number of rotatable bonds is 2. The van der Waals surface area contributed by atoms with Crippen LogP contribution in [0.5, 0.6) is 0 Å². The summed E-state index contributed by atoms with van der Waals surface area (Å²) in [5, 5.41) is 1.62. The first kappa shape index (κ1) is 15.5. The lowest BCUT2D eigenvalue weighted by Crippen LogP contribution is -2.48. The van der Waals surface area contributed by atoms with Gasteiger partial charge in [0, 0.05) is 37.7 Å². The van der Waals surface area contributed by atoms with Crippen LogP contribution in [-0.2, 0) is 0 Å². The van der Waals surface area contributed by atoms with Crippen molar-refractivity contribution in [1.29, 1.82) is 0 Å². The highest BCUT2D eigenvalue weighted by Gasteiger charge is 2.25. The van der Waals surface area contributed by atoms with E-state index in [1.807, 2.05) is 6.92 Å². The first-order valence-corrected chi connectivity index (χ1v) is 8.38. The number of carbonyl (C=O) groups excluding carboxylic acids is 1. The second-order valence-corrected chi connectivity index (χ2v) is 6.52. The molecule has 1 aromatic carbocycles. The van der Waals surface area contributed by atoms with Crippen LogP contribution in [0, 0.1) is 6.92 Å². The fourth-order valence-electron chi connectivity index (χ4n) is 2.35. The van der Waals surface area contributed by atoms with Gasteiger partial charge in [-0.25, -0.2) is 4.98 Å². The zero-order chi connectivity index (χ0) is 15.7. The van der Waals surface area contributed by atoms with Crippen molar-refractivity contribution in [2.24, 2.45) is 0 Å². The number of anilines is 1. The lowest BCUT2D eigenvalue weighted by Gasteiger charge is -2.34. The molecule has 1 fully saturated rings. The number of piperazine rings is 1. The van der Waals surface area contributed by atoms with Gasteiger partial charge in [0.25, 0.3) is 5.91 Å². The van der Waals surface area contributed by atoms with Gasteiger partial charge in [0.15, 0.2) is 0 Å². The van der Waals surface area contributed by atoms with Gasteiger partial charge in [0.2, 0.25) is 5.13 Å². The van der Waals surface area contributed by atoms with E-state index in [4.69, 9.17) is 23.2 Å². The molecule has 8 heteroatoms. The number of nitrogens with zero attached hydrogens (tertiary/aromatic N) is 4. The Labute approximate surface area is 142 Å². The molecular formula is C14H14Cl2N4OS. The third kappa shape index (κ3) is 3.04. The van der Waals surface area contributed by atoms with Crippen LogP contribution >= 0.6 is 34.7 Å². The number of aromatic nitrogens is 2. The molecule has 22 heavy (non-hydrogen) atoms. The fourth-order valence-corrected chi connectivity index (χ4v) is 3.46. The molecule has 116 valence electrons. The minimum atomic E-state index is -0.0828. The van der Waals surface area contributed by atoms with E-state index in [9.17, 15) is 4.79 Å². The molecule has 1 saturated heterocycles. The number of carbonyl (C=O) groups is 1. The summed E-state index contributed by atoms with van der Waals surface area (Å²) in [5.74, 6) is 0.699. The summed E-state index contributed by atoms with van der Waals surface area (Å²) < 4.78 is 4.19. The first-order chi connectivity index (χ1) is 10.6. The Morgan fingerprint density at radius 3 is 2.59 bits per heavy atom. The summed E-state index contributed by atoms with van der Waals surface area (Å²) in [5.41, 5.74) is 0.453. The SMILES string of the molecule is Cc1nsc(N2CCN(C(=O)c3cccc(Cl)c3Cl)CC2)n1. The molecule has 2 heterocycles. The minimum absolute atomic E-state index is 0.0828. The average molecular weight is 357 g/mol. The quantitative estimate of drug-likeness (QED) is 0.829. The molecule has 2 aromatic rings. The summed E-state index contributed by atoms with van der Waals surface area (Å²) in [6.07, 6.45) is 0. The number of benzene rings is 1. The number of halogens is 2. The van der Waals surface area contributed by atoms with Gasteiger partial charge in [0.1, 0.15) is 5.82 Å². The third-order valence-corrected chi connectivity index (χ3v) is 5.22. The molecule has 1 aromatic heterocycles. The number of hydrogen-bond donors (Lipinski definition) is 0. The summed E-state index contributed by atoms with van der Waals surface area (Å²) >= 11 is 13.5. The third-order valence-electron chi connectivity index (χ3n) is 3.54. The number of aryl methyl sites for hydroxylation is 1. The normalized spacial score (nSPS) is 15.2. The van der Waals surface area contributed by atoms with Gasteiger partial charge in [-0.05, 0) is 19.1 Å². The number of amides is 1. The molecule has 1 amide bonds. The maximum atomic E-state index is 12.6. The molecule has 5 nitrogen and oxygen atoms in total. The predicted octanol–water partition coefficient (Wildman–Crippen LogP) is 3.12. The summed E-state index contributed by atoms with van der Waals surface area (Å²) in [6.45, 7) is 4.60. The van der Waals surface area contributed by atoms with E-state index in [1.165, 1.54) is 11.5 Å². The van der Waals surface area contributed by atoms with E-state index in [0.717, 1.165) is 24.0 Å². The second kappa shape index (κ2) is 6.40. The highest BCUT2D eigenvalue weighted by atomic mass is 35.5. The van der Waals surface area contributed by atoms with Crippen molar-refractivity contribution in [1.82, 2.24) is 14.3 Å². The Kier molecular flexibility index (Phi) is 4.52. The maximum Gasteiger partial charge on any atom is 0.255 e. The summed E-state index contributed by atoms with van der Waals surface area (Å²) in [6, 6.07) is 5.12. The van der Waals surface area contributed by atoms with Gasteiger partial charge in [-0.2, -0.15) is 4.37 Å². The Hall–Kier alpha value is -1.37. The summed E-state index contributed by atoms with van der Waals surface area (Å²) in [4.78, 5) is 20.9. The molecule has 0 spiro atoms. The smallest absolute Gasteiger partial charge is 0.255 e. The van der Waals surface area contributed by atoms with Crippen molar-refractivity contribution in [3.05, 3.63) is 39.6 Å². The van der Waals surface area contributed by atoms with E-state index in [1.54, 1.807) is 23.1 Å². The van der Waals surface area contributed by atoms with Crippen molar-refractivity contribution in [3.63, 3.8) is 0 Å². The molecule has 0 saturated carbocycles. The largest absolute Gasteiger partial charge is 0.343 e. The Balaban J connectivity index is 1.68. The van der Waals surface area contributed by atoms with Crippen LogP contribution in [0.3, 0.4) is 0 Å². The van der Waals surface area contributed by atoms with Crippen LogP contribution in [-0.4, -0.2) is 46.3 Å².